The maximum Gasteiger partial charge on any atom is 0.241 e. The van der Waals surface area contributed by atoms with Crippen LogP contribution in [0.1, 0.15) is 16.8 Å². The summed E-state index contributed by atoms with van der Waals surface area (Å²) in [4.78, 5) is 6.55. The van der Waals surface area contributed by atoms with Gasteiger partial charge in [-0.25, -0.2) is 22.5 Å². The monoisotopic (exact) mass is 312 g/mol. The maximum atomic E-state index is 13.9. The molecular formula is C13H17FN4O2S. The van der Waals surface area contributed by atoms with Crippen LogP contribution in [0.4, 0.5) is 4.39 Å². The van der Waals surface area contributed by atoms with Crippen LogP contribution >= 0.6 is 0 Å². The summed E-state index contributed by atoms with van der Waals surface area (Å²) in [7, 11) is -2.09. The number of aromatic amines is 1. The summed E-state index contributed by atoms with van der Waals surface area (Å²) < 4.78 is 40.9. The topological polar surface area (TPSA) is 86.9 Å². The molecule has 0 bridgehead atoms. The number of nitrogens with zero attached hydrogens (tertiary/aromatic N) is 1. The number of nitrogens with one attached hydrogen (secondary N) is 3. The minimum Gasteiger partial charge on any atom is -0.347 e. The highest BCUT2D eigenvalue weighted by atomic mass is 32.2. The molecule has 0 radical (unpaired) electrons. The first-order chi connectivity index (χ1) is 9.94. The van der Waals surface area contributed by atoms with Crippen LogP contribution < -0.4 is 10.0 Å². The summed E-state index contributed by atoms with van der Waals surface area (Å²) >= 11 is 0. The number of H-pyrrole nitrogens is 1. The van der Waals surface area contributed by atoms with Crippen LogP contribution in [0, 0.1) is 12.7 Å². The molecule has 2 rings (SSSR count). The van der Waals surface area contributed by atoms with Gasteiger partial charge in [-0.05, 0) is 31.7 Å². The lowest BCUT2D eigenvalue weighted by molar-refractivity contribution is 0.572. The Labute approximate surface area is 122 Å². The van der Waals surface area contributed by atoms with E-state index in [2.05, 4.69) is 20.0 Å². The second-order valence-electron chi connectivity index (χ2n) is 4.63. The van der Waals surface area contributed by atoms with Crippen molar-refractivity contribution in [1.82, 2.24) is 20.0 Å². The van der Waals surface area contributed by atoms with Crippen molar-refractivity contribution < 1.29 is 12.8 Å². The van der Waals surface area contributed by atoms with Gasteiger partial charge < -0.3 is 10.3 Å². The molecule has 0 spiro atoms. The van der Waals surface area contributed by atoms with Gasteiger partial charge in [0.25, 0.3) is 0 Å². The average Bonchev–Trinajstić information content (AvgIpc) is 2.94. The van der Waals surface area contributed by atoms with E-state index in [-0.39, 0.29) is 17.0 Å². The van der Waals surface area contributed by atoms with Gasteiger partial charge in [0.2, 0.25) is 10.0 Å². The number of hydrogen-bond donors (Lipinski definition) is 3. The second kappa shape index (κ2) is 6.33. The summed E-state index contributed by atoms with van der Waals surface area (Å²) in [5.74, 6) is -0.537. The first-order valence-corrected chi connectivity index (χ1v) is 7.83. The Balaban J connectivity index is 2.30. The lowest BCUT2D eigenvalue weighted by Gasteiger charge is -2.12. The van der Waals surface area contributed by atoms with Gasteiger partial charge in [-0.3, -0.25) is 0 Å². The van der Waals surface area contributed by atoms with E-state index < -0.39 is 15.8 Å². The number of imidazole rings is 1. The summed E-state index contributed by atoms with van der Waals surface area (Å²) in [6.45, 7) is 1.91. The molecule has 114 valence electrons. The number of benzene rings is 1. The van der Waals surface area contributed by atoms with E-state index in [0.29, 0.717) is 17.8 Å². The summed E-state index contributed by atoms with van der Waals surface area (Å²) in [6.07, 6.45) is 2.98. The van der Waals surface area contributed by atoms with Crippen LogP contribution in [0.15, 0.2) is 29.6 Å². The summed E-state index contributed by atoms with van der Waals surface area (Å²) in [5.41, 5.74) is 1.30. The molecular weight excluding hydrogens is 295 g/mol. The predicted octanol–water partition coefficient (Wildman–Crippen LogP) is 1.06. The maximum absolute atomic E-state index is 13.9. The van der Waals surface area contributed by atoms with Crippen LogP contribution in [-0.2, 0) is 23.1 Å². The third-order valence-corrected chi connectivity index (χ3v) is 4.56. The molecule has 21 heavy (non-hydrogen) atoms. The molecule has 1 heterocycles. The molecule has 0 unspecified atom stereocenters. The van der Waals surface area contributed by atoms with E-state index in [0.717, 1.165) is 0 Å². The smallest absolute Gasteiger partial charge is 0.241 e. The van der Waals surface area contributed by atoms with Gasteiger partial charge in [0.1, 0.15) is 5.82 Å². The van der Waals surface area contributed by atoms with E-state index in [1.54, 1.807) is 7.05 Å². The molecule has 0 aliphatic rings. The van der Waals surface area contributed by atoms with E-state index in [1.165, 1.54) is 31.6 Å². The molecule has 3 N–H and O–H groups in total. The fourth-order valence-electron chi connectivity index (χ4n) is 1.92. The van der Waals surface area contributed by atoms with E-state index in [9.17, 15) is 12.8 Å². The van der Waals surface area contributed by atoms with Gasteiger partial charge in [-0.15, -0.1) is 0 Å². The minimum atomic E-state index is -3.80. The molecule has 0 aliphatic heterocycles. The Morgan fingerprint density at radius 1 is 1.33 bits per heavy atom. The largest absolute Gasteiger partial charge is 0.347 e. The van der Waals surface area contributed by atoms with Crippen LogP contribution in [-0.4, -0.2) is 25.4 Å². The quantitative estimate of drug-likeness (QED) is 0.744. The SMILES string of the molecule is CNCc1cc(F)c(C)c(S(=O)(=O)NCc2cnc[nH]2)c1. The Hall–Kier alpha value is -1.77. The van der Waals surface area contributed by atoms with Crippen molar-refractivity contribution in [2.45, 2.75) is 24.9 Å². The van der Waals surface area contributed by atoms with Crippen molar-refractivity contribution >= 4 is 10.0 Å². The van der Waals surface area contributed by atoms with Crippen LogP contribution in [0.2, 0.25) is 0 Å². The molecule has 0 saturated carbocycles. The van der Waals surface area contributed by atoms with E-state index in [1.807, 2.05) is 0 Å². The minimum absolute atomic E-state index is 0.0488. The summed E-state index contributed by atoms with van der Waals surface area (Å²) in [6, 6.07) is 2.81. The molecule has 1 aromatic carbocycles. The van der Waals surface area contributed by atoms with Gasteiger partial charge in [0, 0.05) is 24.0 Å². The van der Waals surface area contributed by atoms with Crippen molar-refractivity contribution in [3.63, 3.8) is 0 Å². The molecule has 6 nitrogen and oxygen atoms in total. The zero-order chi connectivity index (χ0) is 15.5. The Bertz CT molecular complexity index is 714. The first kappa shape index (κ1) is 15.6. The first-order valence-electron chi connectivity index (χ1n) is 6.34. The third kappa shape index (κ3) is 3.66. The molecule has 2 aromatic rings. The molecule has 0 fully saturated rings. The second-order valence-corrected chi connectivity index (χ2v) is 6.37. The normalized spacial score (nSPS) is 11.8. The molecule has 8 heteroatoms. The lowest BCUT2D eigenvalue weighted by atomic mass is 10.1. The van der Waals surface area contributed by atoms with Crippen LogP contribution in [0.5, 0.6) is 0 Å². The fourth-order valence-corrected chi connectivity index (χ4v) is 3.23. The van der Waals surface area contributed by atoms with Crippen molar-refractivity contribution in [2.24, 2.45) is 0 Å². The Morgan fingerprint density at radius 3 is 2.71 bits per heavy atom. The van der Waals surface area contributed by atoms with Gasteiger partial charge in [0.05, 0.1) is 17.8 Å². The Morgan fingerprint density at radius 2 is 2.10 bits per heavy atom. The highest BCUT2D eigenvalue weighted by Crippen LogP contribution is 2.20. The summed E-state index contributed by atoms with van der Waals surface area (Å²) in [5, 5.41) is 2.87. The molecule has 0 aliphatic carbocycles. The van der Waals surface area contributed by atoms with Gasteiger partial charge in [0.15, 0.2) is 0 Å². The van der Waals surface area contributed by atoms with E-state index in [4.69, 9.17) is 0 Å². The average molecular weight is 312 g/mol. The highest BCUT2D eigenvalue weighted by molar-refractivity contribution is 7.89. The van der Waals surface area contributed by atoms with Gasteiger partial charge >= 0.3 is 0 Å². The zero-order valence-electron chi connectivity index (χ0n) is 11.8. The number of sulfonamides is 1. The number of halogens is 1. The van der Waals surface area contributed by atoms with Crippen molar-refractivity contribution in [1.29, 1.82) is 0 Å². The van der Waals surface area contributed by atoms with Gasteiger partial charge in [-0.2, -0.15) is 0 Å². The Kier molecular flexibility index (Phi) is 4.71. The van der Waals surface area contributed by atoms with Crippen LogP contribution in [0.3, 0.4) is 0 Å². The number of rotatable bonds is 6. The molecule has 1 aromatic heterocycles. The number of aromatic nitrogens is 2. The van der Waals surface area contributed by atoms with Crippen molar-refractivity contribution in [2.75, 3.05) is 7.05 Å². The van der Waals surface area contributed by atoms with Crippen molar-refractivity contribution in [3.8, 4) is 0 Å². The highest BCUT2D eigenvalue weighted by Gasteiger charge is 2.20. The molecule has 0 atom stereocenters. The predicted molar refractivity (Wildman–Crippen MR) is 76.5 cm³/mol. The molecule has 0 saturated heterocycles. The fraction of sp³-hybridized carbons (Fsp3) is 0.308. The lowest BCUT2D eigenvalue weighted by Crippen LogP contribution is -2.25. The van der Waals surface area contributed by atoms with Gasteiger partial charge in [-0.1, -0.05) is 0 Å². The molecule has 0 amide bonds. The van der Waals surface area contributed by atoms with E-state index >= 15 is 0 Å². The standard InChI is InChI=1S/C13H17FN4O2S/c1-9-12(14)3-10(5-15-2)4-13(9)21(19,20)18-7-11-6-16-8-17-11/h3-4,6,8,15,18H,5,7H2,1-2H3,(H,16,17). The zero-order valence-corrected chi connectivity index (χ0v) is 12.6. The number of hydrogen-bond acceptors (Lipinski definition) is 4. The van der Waals surface area contributed by atoms with Crippen LogP contribution in [0.25, 0.3) is 0 Å². The van der Waals surface area contributed by atoms with Crippen molar-refractivity contribution in [3.05, 3.63) is 47.3 Å². The third-order valence-electron chi connectivity index (χ3n) is 3.03.